The molecule has 2 nitrogen and oxygen atoms in total. The van der Waals surface area contributed by atoms with Gasteiger partial charge in [0.2, 0.25) is 0 Å². The maximum Gasteiger partial charge on any atom is 0.176 e. The quantitative estimate of drug-likeness (QED) is 0.706. The van der Waals surface area contributed by atoms with Gasteiger partial charge in [0.05, 0.1) is 5.41 Å². The summed E-state index contributed by atoms with van der Waals surface area (Å²) < 4.78 is 0. The van der Waals surface area contributed by atoms with E-state index < -0.39 is 5.41 Å². The Hall–Kier alpha value is -1.70. The van der Waals surface area contributed by atoms with Crippen molar-refractivity contribution < 1.29 is 9.59 Å². The minimum atomic E-state index is -0.705. The molecule has 0 heterocycles. The van der Waals surface area contributed by atoms with Crippen molar-refractivity contribution in [2.24, 2.45) is 5.41 Å². The summed E-state index contributed by atoms with van der Waals surface area (Å²) >= 11 is 0. The maximum absolute atomic E-state index is 12.6. The van der Waals surface area contributed by atoms with Crippen LogP contribution in [0.2, 0.25) is 0 Å². The van der Waals surface area contributed by atoms with Crippen molar-refractivity contribution in [1.82, 2.24) is 0 Å². The molecule has 3 rings (SSSR count). The number of allylic oxidation sites excluding steroid dienone is 2. The van der Waals surface area contributed by atoms with Gasteiger partial charge in [-0.3, -0.25) is 9.59 Å². The van der Waals surface area contributed by atoms with Crippen molar-refractivity contribution in [3.8, 4) is 0 Å². The number of carbonyl (C=O) groups excluding carboxylic acids is 2. The highest BCUT2D eigenvalue weighted by Gasteiger charge is 2.49. The third-order valence-electron chi connectivity index (χ3n) is 4.21. The molecule has 1 saturated carbocycles. The van der Waals surface area contributed by atoms with Gasteiger partial charge in [-0.05, 0) is 24.8 Å². The lowest BCUT2D eigenvalue weighted by molar-refractivity contribution is -0.139. The second-order valence-corrected chi connectivity index (χ2v) is 5.23. The Bertz CT molecular complexity index is 527. The van der Waals surface area contributed by atoms with E-state index in [1.807, 2.05) is 36.4 Å². The van der Waals surface area contributed by atoms with Crippen LogP contribution in [0.4, 0.5) is 0 Å². The zero-order valence-electron chi connectivity index (χ0n) is 10.3. The average molecular weight is 240 g/mol. The molecule has 1 aromatic carbocycles. The molecule has 1 atom stereocenters. The molecule has 1 spiro atoms. The Morgan fingerprint density at radius 3 is 2.50 bits per heavy atom. The van der Waals surface area contributed by atoms with E-state index in [0.29, 0.717) is 12.8 Å². The standard InChI is InChI=1S/C16H16O2/c17-14-8-4-5-10-16(14)11-9-13(15(16)18)12-6-2-1-3-7-12/h1-3,6-7,9H,4-5,8,10-11H2. The van der Waals surface area contributed by atoms with Crippen molar-refractivity contribution >= 4 is 17.1 Å². The zero-order valence-corrected chi connectivity index (χ0v) is 10.3. The van der Waals surface area contributed by atoms with Crippen molar-refractivity contribution in [2.75, 3.05) is 0 Å². The average Bonchev–Trinajstić information content (AvgIpc) is 2.73. The molecule has 0 saturated heterocycles. The number of hydrogen-bond acceptors (Lipinski definition) is 2. The third-order valence-corrected chi connectivity index (χ3v) is 4.21. The van der Waals surface area contributed by atoms with Gasteiger partial charge >= 0.3 is 0 Å². The van der Waals surface area contributed by atoms with E-state index in [2.05, 4.69) is 0 Å². The molecule has 0 amide bonds. The molecule has 0 radical (unpaired) electrons. The fourth-order valence-corrected chi connectivity index (χ4v) is 3.13. The van der Waals surface area contributed by atoms with Crippen molar-refractivity contribution in [2.45, 2.75) is 32.1 Å². The van der Waals surface area contributed by atoms with Crippen molar-refractivity contribution in [1.29, 1.82) is 0 Å². The fourth-order valence-electron chi connectivity index (χ4n) is 3.13. The predicted octanol–water partition coefficient (Wildman–Crippen LogP) is 3.17. The normalized spacial score (nSPS) is 27.7. The topological polar surface area (TPSA) is 34.1 Å². The first kappa shape index (κ1) is 11.4. The summed E-state index contributed by atoms with van der Waals surface area (Å²) in [7, 11) is 0. The first-order valence-electron chi connectivity index (χ1n) is 6.58. The van der Waals surface area contributed by atoms with Crippen LogP contribution in [-0.4, -0.2) is 11.6 Å². The number of benzene rings is 1. The van der Waals surface area contributed by atoms with Gasteiger partial charge in [-0.2, -0.15) is 0 Å². The predicted molar refractivity (Wildman–Crippen MR) is 70.0 cm³/mol. The van der Waals surface area contributed by atoms with E-state index in [9.17, 15) is 9.59 Å². The molecular weight excluding hydrogens is 224 g/mol. The smallest absolute Gasteiger partial charge is 0.176 e. The largest absolute Gasteiger partial charge is 0.299 e. The van der Waals surface area contributed by atoms with Crippen molar-refractivity contribution in [3.05, 3.63) is 42.0 Å². The lowest BCUT2D eigenvalue weighted by Gasteiger charge is -2.30. The molecule has 1 unspecified atom stereocenters. The first-order valence-corrected chi connectivity index (χ1v) is 6.58. The van der Waals surface area contributed by atoms with Gasteiger partial charge in [-0.15, -0.1) is 0 Å². The molecule has 0 N–H and O–H groups in total. The van der Waals surface area contributed by atoms with E-state index in [-0.39, 0.29) is 11.6 Å². The summed E-state index contributed by atoms with van der Waals surface area (Å²) in [4.78, 5) is 24.8. The molecule has 1 fully saturated rings. The van der Waals surface area contributed by atoms with Crippen LogP contribution >= 0.6 is 0 Å². The Kier molecular flexibility index (Phi) is 2.66. The summed E-state index contributed by atoms with van der Waals surface area (Å²) in [6.45, 7) is 0. The molecule has 92 valence electrons. The van der Waals surface area contributed by atoms with Crippen LogP contribution in [0, 0.1) is 5.41 Å². The molecular formula is C16H16O2. The van der Waals surface area contributed by atoms with Gasteiger partial charge in [0, 0.05) is 12.0 Å². The Morgan fingerprint density at radius 2 is 1.78 bits per heavy atom. The Morgan fingerprint density at radius 1 is 1.00 bits per heavy atom. The maximum atomic E-state index is 12.6. The number of carbonyl (C=O) groups is 2. The van der Waals surface area contributed by atoms with E-state index >= 15 is 0 Å². The fraction of sp³-hybridized carbons (Fsp3) is 0.375. The van der Waals surface area contributed by atoms with Crippen LogP contribution in [0.15, 0.2) is 36.4 Å². The highest BCUT2D eigenvalue weighted by molar-refractivity contribution is 6.32. The van der Waals surface area contributed by atoms with Crippen LogP contribution in [0.3, 0.4) is 0 Å². The molecule has 0 bridgehead atoms. The summed E-state index contributed by atoms with van der Waals surface area (Å²) in [6.07, 6.45) is 5.80. The van der Waals surface area contributed by atoms with Crippen molar-refractivity contribution in [3.63, 3.8) is 0 Å². The highest BCUT2D eigenvalue weighted by Crippen LogP contribution is 2.46. The second kappa shape index (κ2) is 4.20. The number of hydrogen-bond donors (Lipinski definition) is 0. The van der Waals surface area contributed by atoms with Crippen LogP contribution in [0.5, 0.6) is 0 Å². The van der Waals surface area contributed by atoms with E-state index in [0.717, 1.165) is 30.4 Å². The first-order chi connectivity index (χ1) is 8.74. The van der Waals surface area contributed by atoms with E-state index in [1.54, 1.807) is 0 Å². The van der Waals surface area contributed by atoms with Gasteiger partial charge in [0.15, 0.2) is 5.78 Å². The molecule has 0 aliphatic heterocycles. The van der Waals surface area contributed by atoms with Crippen LogP contribution in [0.25, 0.3) is 5.57 Å². The van der Waals surface area contributed by atoms with Crippen LogP contribution < -0.4 is 0 Å². The monoisotopic (exact) mass is 240 g/mol. The summed E-state index contributed by atoms with van der Waals surface area (Å²) in [5.74, 6) is 0.208. The summed E-state index contributed by atoms with van der Waals surface area (Å²) in [5.41, 5.74) is 0.979. The molecule has 2 aliphatic rings. The molecule has 2 heteroatoms. The van der Waals surface area contributed by atoms with Gasteiger partial charge in [0.1, 0.15) is 5.78 Å². The molecule has 0 aromatic heterocycles. The number of ketones is 2. The van der Waals surface area contributed by atoms with E-state index in [1.165, 1.54) is 0 Å². The lowest BCUT2D eigenvalue weighted by Crippen LogP contribution is -2.38. The van der Waals surface area contributed by atoms with Gasteiger partial charge < -0.3 is 0 Å². The second-order valence-electron chi connectivity index (χ2n) is 5.23. The van der Waals surface area contributed by atoms with Crippen LogP contribution in [-0.2, 0) is 9.59 Å². The molecule has 18 heavy (non-hydrogen) atoms. The van der Waals surface area contributed by atoms with E-state index in [4.69, 9.17) is 0 Å². The minimum absolute atomic E-state index is 0.0541. The van der Waals surface area contributed by atoms with Gasteiger partial charge in [-0.1, -0.05) is 42.8 Å². The SMILES string of the molecule is O=C1CCCCC12CC=C(c1ccccc1)C2=O. The highest BCUT2D eigenvalue weighted by atomic mass is 16.2. The summed E-state index contributed by atoms with van der Waals surface area (Å²) in [6, 6.07) is 9.67. The van der Waals surface area contributed by atoms with Crippen LogP contribution in [0.1, 0.15) is 37.7 Å². The zero-order chi connectivity index (χ0) is 12.6. The van der Waals surface area contributed by atoms with Gasteiger partial charge in [0.25, 0.3) is 0 Å². The minimum Gasteiger partial charge on any atom is -0.299 e. The summed E-state index contributed by atoms with van der Waals surface area (Å²) in [5, 5.41) is 0. The third kappa shape index (κ3) is 1.56. The molecule has 2 aliphatic carbocycles. The lowest BCUT2D eigenvalue weighted by atomic mass is 9.69. The van der Waals surface area contributed by atoms with Gasteiger partial charge in [-0.25, -0.2) is 0 Å². The Labute approximate surface area is 107 Å². The molecule has 1 aromatic rings. The Balaban J connectivity index is 1.94. The number of rotatable bonds is 1. The number of Topliss-reactive ketones (excluding diaryl/α,β-unsaturated/α-hetero) is 2.